The zero-order valence-electron chi connectivity index (χ0n) is 20.9. The van der Waals surface area contributed by atoms with Gasteiger partial charge in [0.15, 0.2) is 0 Å². The van der Waals surface area contributed by atoms with E-state index < -0.39 is 0 Å². The van der Waals surface area contributed by atoms with E-state index in [4.69, 9.17) is 23.2 Å². The van der Waals surface area contributed by atoms with Gasteiger partial charge >= 0.3 is 0 Å². The number of fused-ring (bicyclic) bond motifs is 1. The van der Waals surface area contributed by atoms with Gasteiger partial charge in [-0.15, -0.1) is 0 Å². The molecule has 5 nitrogen and oxygen atoms in total. The minimum Gasteiger partial charge on any atom is -0.361 e. The van der Waals surface area contributed by atoms with Crippen molar-refractivity contribution in [1.82, 2.24) is 14.8 Å². The molecule has 0 bridgehead atoms. The van der Waals surface area contributed by atoms with Gasteiger partial charge in [0.25, 0.3) is 5.91 Å². The summed E-state index contributed by atoms with van der Waals surface area (Å²) in [5, 5.41) is 2.07. The van der Waals surface area contributed by atoms with E-state index in [0.29, 0.717) is 41.7 Å². The molecule has 0 fully saturated rings. The van der Waals surface area contributed by atoms with Crippen LogP contribution >= 0.6 is 23.2 Å². The Labute approximate surface area is 228 Å². The minimum atomic E-state index is -0.131. The summed E-state index contributed by atoms with van der Waals surface area (Å²) in [6.45, 7) is 3.49. The van der Waals surface area contributed by atoms with Gasteiger partial charge in [-0.2, -0.15) is 0 Å². The monoisotopic (exact) mass is 535 g/mol. The van der Waals surface area contributed by atoms with Crippen LogP contribution < -0.4 is 0 Å². The zero-order chi connectivity index (χ0) is 26.2. The van der Waals surface area contributed by atoms with Gasteiger partial charge in [-0.05, 0) is 54.3 Å². The largest absolute Gasteiger partial charge is 0.361 e. The van der Waals surface area contributed by atoms with Crippen LogP contribution in [0.5, 0.6) is 0 Å². The van der Waals surface area contributed by atoms with E-state index in [-0.39, 0.29) is 18.4 Å². The number of carbonyl (C=O) groups is 2. The van der Waals surface area contributed by atoms with Crippen LogP contribution in [0.25, 0.3) is 10.9 Å². The van der Waals surface area contributed by atoms with Gasteiger partial charge in [0.2, 0.25) is 5.91 Å². The number of nitrogens with zero attached hydrogens (tertiary/aromatic N) is 2. The molecule has 37 heavy (non-hydrogen) atoms. The van der Waals surface area contributed by atoms with Crippen molar-refractivity contribution >= 4 is 45.9 Å². The van der Waals surface area contributed by atoms with Crippen molar-refractivity contribution in [2.24, 2.45) is 0 Å². The Morgan fingerprint density at radius 2 is 1.62 bits per heavy atom. The second kappa shape index (κ2) is 12.8. The third kappa shape index (κ3) is 6.94. The van der Waals surface area contributed by atoms with E-state index in [1.54, 1.807) is 34.1 Å². The summed E-state index contributed by atoms with van der Waals surface area (Å²) in [6.07, 6.45) is 4.44. The molecule has 0 atom stereocenters. The Balaban J connectivity index is 1.55. The summed E-state index contributed by atoms with van der Waals surface area (Å²) in [7, 11) is 0. The number of para-hydroxylation sites is 1. The van der Waals surface area contributed by atoms with Crippen molar-refractivity contribution in [2.75, 3.05) is 19.6 Å². The number of hydrogen-bond donors (Lipinski definition) is 1. The SMILES string of the molecule is CCCCN(CC(=O)N(CCc1c[nH]c2ccccc12)Cc1ccc(Cl)c(Cl)c1)C(=O)c1ccccc1. The predicted octanol–water partition coefficient (Wildman–Crippen LogP) is 6.99. The fourth-order valence-electron chi connectivity index (χ4n) is 4.37. The number of aromatic amines is 1. The van der Waals surface area contributed by atoms with Crippen molar-refractivity contribution in [3.63, 3.8) is 0 Å². The highest BCUT2D eigenvalue weighted by atomic mass is 35.5. The molecular formula is C30H31Cl2N3O2. The van der Waals surface area contributed by atoms with Crippen molar-refractivity contribution in [2.45, 2.75) is 32.7 Å². The molecular weight excluding hydrogens is 505 g/mol. The number of rotatable bonds is 11. The summed E-state index contributed by atoms with van der Waals surface area (Å²) < 4.78 is 0. The lowest BCUT2D eigenvalue weighted by molar-refractivity contribution is -0.132. The molecule has 0 radical (unpaired) electrons. The third-order valence-electron chi connectivity index (χ3n) is 6.45. The molecule has 1 N–H and O–H groups in total. The molecule has 0 aliphatic carbocycles. The normalized spacial score (nSPS) is 11.0. The number of carbonyl (C=O) groups excluding carboxylic acids is 2. The van der Waals surface area contributed by atoms with Crippen LogP contribution in [0, 0.1) is 0 Å². The van der Waals surface area contributed by atoms with Gasteiger partial charge in [0, 0.05) is 42.3 Å². The Hall–Kier alpha value is -3.28. The van der Waals surface area contributed by atoms with Gasteiger partial charge in [-0.1, -0.05) is 79.0 Å². The molecule has 7 heteroatoms. The Kier molecular flexibility index (Phi) is 9.26. The standard InChI is InChI=1S/C30H31Cl2N3O2/c1-2-3-16-35(30(37)23-9-5-4-6-10-23)21-29(36)34(20-22-13-14-26(31)27(32)18-22)17-15-24-19-33-28-12-8-7-11-25(24)28/h4-14,18-19,33H,2-3,15-17,20-21H2,1H3. The third-order valence-corrected chi connectivity index (χ3v) is 7.19. The number of benzene rings is 3. The molecule has 0 saturated heterocycles. The topological polar surface area (TPSA) is 56.4 Å². The number of nitrogens with one attached hydrogen (secondary N) is 1. The Morgan fingerprint density at radius 3 is 2.38 bits per heavy atom. The first-order chi connectivity index (χ1) is 18.0. The second-order valence-corrected chi connectivity index (χ2v) is 9.93. The summed E-state index contributed by atoms with van der Waals surface area (Å²) in [5.74, 6) is -0.236. The first kappa shape index (κ1) is 26.8. The first-order valence-electron chi connectivity index (χ1n) is 12.6. The minimum absolute atomic E-state index is 0.0168. The lowest BCUT2D eigenvalue weighted by Crippen LogP contribution is -2.43. The molecule has 0 saturated carbocycles. The molecule has 1 aromatic heterocycles. The predicted molar refractivity (Wildman–Crippen MR) is 151 cm³/mol. The fraction of sp³-hybridized carbons (Fsp3) is 0.267. The summed E-state index contributed by atoms with van der Waals surface area (Å²) in [5.41, 5.74) is 3.68. The molecule has 3 aromatic carbocycles. The molecule has 4 rings (SSSR count). The van der Waals surface area contributed by atoms with Crippen LogP contribution in [-0.2, 0) is 17.8 Å². The van der Waals surface area contributed by atoms with E-state index in [0.717, 1.165) is 34.9 Å². The average molecular weight is 537 g/mol. The second-order valence-electron chi connectivity index (χ2n) is 9.12. The summed E-state index contributed by atoms with van der Waals surface area (Å²) >= 11 is 12.4. The van der Waals surface area contributed by atoms with E-state index in [1.807, 2.05) is 48.7 Å². The van der Waals surface area contributed by atoms with Gasteiger partial charge in [0.1, 0.15) is 6.54 Å². The number of H-pyrrole nitrogens is 1. The van der Waals surface area contributed by atoms with Crippen molar-refractivity contribution in [1.29, 1.82) is 0 Å². The number of unbranched alkanes of at least 4 members (excludes halogenated alkanes) is 1. The Bertz CT molecular complexity index is 1350. The average Bonchev–Trinajstić information content (AvgIpc) is 3.34. The van der Waals surface area contributed by atoms with Crippen molar-refractivity contribution in [3.8, 4) is 0 Å². The van der Waals surface area contributed by atoms with E-state index in [9.17, 15) is 9.59 Å². The lowest BCUT2D eigenvalue weighted by atomic mass is 10.1. The highest BCUT2D eigenvalue weighted by Crippen LogP contribution is 2.24. The summed E-state index contributed by atoms with van der Waals surface area (Å²) in [6, 6.07) is 22.7. The highest BCUT2D eigenvalue weighted by Gasteiger charge is 2.23. The summed E-state index contributed by atoms with van der Waals surface area (Å²) in [4.78, 5) is 33.7. The lowest BCUT2D eigenvalue weighted by Gasteiger charge is -2.28. The van der Waals surface area contributed by atoms with E-state index >= 15 is 0 Å². The van der Waals surface area contributed by atoms with Gasteiger partial charge in [0.05, 0.1) is 10.0 Å². The van der Waals surface area contributed by atoms with Gasteiger partial charge in [-0.3, -0.25) is 9.59 Å². The molecule has 0 unspecified atom stereocenters. The van der Waals surface area contributed by atoms with Crippen LogP contribution in [0.1, 0.15) is 41.3 Å². The zero-order valence-corrected chi connectivity index (χ0v) is 22.4. The maximum absolute atomic E-state index is 13.7. The van der Waals surface area contributed by atoms with Gasteiger partial charge in [-0.25, -0.2) is 0 Å². The quantitative estimate of drug-likeness (QED) is 0.225. The smallest absolute Gasteiger partial charge is 0.254 e. The highest BCUT2D eigenvalue weighted by molar-refractivity contribution is 6.42. The van der Waals surface area contributed by atoms with Crippen molar-refractivity contribution < 1.29 is 9.59 Å². The van der Waals surface area contributed by atoms with Crippen LogP contribution in [0.2, 0.25) is 10.0 Å². The van der Waals surface area contributed by atoms with Crippen LogP contribution in [0.4, 0.5) is 0 Å². The number of aromatic nitrogens is 1. The molecule has 1 heterocycles. The number of amides is 2. The molecule has 4 aromatic rings. The van der Waals surface area contributed by atoms with E-state index in [2.05, 4.69) is 18.0 Å². The molecule has 2 amide bonds. The van der Waals surface area contributed by atoms with Crippen LogP contribution in [-0.4, -0.2) is 46.2 Å². The number of hydrogen-bond acceptors (Lipinski definition) is 2. The maximum atomic E-state index is 13.7. The molecule has 0 aliphatic rings. The van der Waals surface area contributed by atoms with Crippen LogP contribution in [0.3, 0.4) is 0 Å². The van der Waals surface area contributed by atoms with Crippen LogP contribution in [0.15, 0.2) is 79.0 Å². The maximum Gasteiger partial charge on any atom is 0.254 e. The van der Waals surface area contributed by atoms with E-state index in [1.165, 1.54) is 0 Å². The number of halogens is 2. The van der Waals surface area contributed by atoms with Crippen molar-refractivity contribution in [3.05, 3.63) is 106 Å². The molecule has 192 valence electrons. The fourth-order valence-corrected chi connectivity index (χ4v) is 4.69. The first-order valence-corrected chi connectivity index (χ1v) is 13.3. The molecule has 0 spiro atoms. The molecule has 0 aliphatic heterocycles. The Morgan fingerprint density at radius 1 is 0.865 bits per heavy atom. The van der Waals surface area contributed by atoms with Gasteiger partial charge < -0.3 is 14.8 Å².